The zero-order valence-corrected chi connectivity index (χ0v) is 12.6. The van der Waals surface area contributed by atoms with Crippen LogP contribution in [-0.4, -0.2) is 15.6 Å². The van der Waals surface area contributed by atoms with Gasteiger partial charge in [-0.2, -0.15) is 5.10 Å². The van der Waals surface area contributed by atoms with Gasteiger partial charge in [0.15, 0.2) is 0 Å². The highest BCUT2D eigenvalue weighted by Gasteiger charge is 2.20. The molecule has 0 bridgehead atoms. The third-order valence-electron chi connectivity index (χ3n) is 2.48. The van der Waals surface area contributed by atoms with Gasteiger partial charge in [0.05, 0.1) is 16.2 Å². The number of ketones is 1. The van der Waals surface area contributed by atoms with Crippen molar-refractivity contribution in [1.29, 1.82) is 0 Å². The Labute approximate surface area is 123 Å². The molecule has 18 heavy (non-hydrogen) atoms. The summed E-state index contributed by atoms with van der Waals surface area (Å²) >= 11 is 15.4. The van der Waals surface area contributed by atoms with Crippen LogP contribution in [0.15, 0.2) is 28.9 Å². The first kappa shape index (κ1) is 13.6. The number of benzene rings is 1. The molecule has 6 heteroatoms. The van der Waals surface area contributed by atoms with Gasteiger partial charge in [0.2, 0.25) is 5.78 Å². The van der Waals surface area contributed by atoms with Crippen molar-refractivity contribution >= 4 is 44.9 Å². The van der Waals surface area contributed by atoms with E-state index < -0.39 is 0 Å². The van der Waals surface area contributed by atoms with Crippen LogP contribution in [0.25, 0.3) is 0 Å². The Hall–Kier alpha value is -0.840. The minimum Gasteiger partial charge on any atom is -0.287 e. The van der Waals surface area contributed by atoms with E-state index in [2.05, 4.69) is 21.0 Å². The lowest BCUT2D eigenvalue weighted by Gasteiger charge is -2.07. The fourth-order valence-corrected chi connectivity index (χ4v) is 2.42. The van der Waals surface area contributed by atoms with Gasteiger partial charge >= 0.3 is 0 Å². The highest BCUT2D eigenvalue weighted by Crippen LogP contribution is 2.26. The van der Waals surface area contributed by atoms with Crippen molar-refractivity contribution in [2.75, 3.05) is 0 Å². The number of nitrogens with zero attached hydrogens (tertiary/aromatic N) is 2. The highest BCUT2D eigenvalue weighted by molar-refractivity contribution is 9.10. The number of hydrogen-bond donors (Lipinski definition) is 0. The maximum Gasteiger partial charge on any atom is 0.214 e. The molecule has 0 atom stereocenters. The summed E-state index contributed by atoms with van der Waals surface area (Å²) < 4.78 is 2.34. The predicted octanol–water partition coefficient (Wildman–Crippen LogP) is 4.20. The third-order valence-corrected chi connectivity index (χ3v) is 3.58. The summed E-state index contributed by atoms with van der Waals surface area (Å²) in [6.07, 6.45) is 1.46. The molecule has 1 aromatic heterocycles. The highest BCUT2D eigenvalue weighted by atomic mass is 79.9. The Morgan fingerprint density at radius 2 is 2.11 bits per heavy atom. The number of carbonyl (C=O) groups excluding carboxylic acids is 1. The van der Waals surface area contributed by atoms with E-state index in [0.717, 1.165) is 4.47 Å². The van der Waals surface area contributed by atoms with Gasteiger partial charge < -0.3 is 0 Å². The molecule has 0 aliphatic rings. The zero-order valence-electron chi connectivity index (χ0n) is 9.45. The summed E-state index contributed by atoms with van der Waals surface area (Å²) in [6.45, 7) is 2.46. The van der Waals surface area contributed by atoms with E-state index in [4.69, 9.17) is 23.2 Å². The van der Waals surface area contributed by atoms with Crippen molar-refractivity contribution < 1.29 is 4.79 Å². The quantitative estimate of drug-likeness (QED) is 0.780. The van der Waals surface area contributed by atoms with Crippen molar-refractivity contribution in [2.24, 2.45) is 0 Å². The van der Waals surface area contributed by atoms with E-state index in [9.17, 15) is 4.79 Å². The Kier molecular flexibility index (Phi) is 4.10. The monoisotopic (exact) mass is 346 g/mol. The maximum atomic E-state index is 12.4. The number of aryl methyl sites for hydroxylation is 1. The van der Waals surface area contributed by atoms with Crippen LogP contribution in [-0.2, 0) is 6.54 Å². The third kappa shape index (κ3) is 2.46. The van der Waals surface area contributed by atoms with Crippen LogP contribution < -0.4 is 0 Å². The number of carbonyl (C=O) groups is 1. The molecule has 0 amide bonds. The van der Waals surface area contributed by atoms with Gasteiger partial charge in [-0.1, -0.05) is 39.1 Å². The Morgan fingerprint density at radius 3 is 2.78 bits per heavy atom. The molecule has 0 spiro atoms. The van der Waals surface area contributed by atoms with Gasteiger partial charge in [0.25, 0.3) is 0 Å². The minimum atomic E-state index is -0.231. The average molecular weight is 348 g/mol. The zero-order chi connectivity index (χ0) is 13.3. The molecule has 1 heterocycles. The minimum absolute atomic E-state index is 0.231. The molecule has 2 aromatic rings. The molecule has 0 saturated heterocycles. The maximum absolute atomic E-state index is 12.4. The molecule has 0 N–H and O–H groups in total. The van der Waals surface area contributed by atoms with Crippen molar-refractivity contribution in [3.8, 4) is 0 Å². The molecule has 0 radical (unpaired) electrons. The summed E-state index contributed by atoms with van der Waals surface area (Å²) in [5, 5.41) is 4.77. The molecule has 0 aliphatic carbocycles. The predicted molar refractivity (Wildman–Crippen MR) is 75.5 cm³/mol. The van der Waals surface area contributed by atoms with Crippen molar-refractivity contribution in [3.63, 3.8) is 0 Å². The molecule has 0 fully saturated rings. The molecule has 3 nitrogen and oxygen atoms in total. The van der Waals surface area contributed by atoms with E-state index >= 15 is 0 Å². The number of hydrogen-bond acceptors (Lipinski definition) is 2. The van der Waals surface area contributed by atoms with Gasteiger partial charge in [0, 0.05) is 16.6 Å². The van der Waals surface area contributed by atoms with E-state index in [1.54, 1.807) is 22.9 Å². The normalized spacial score (nSPS) is 10.7. The number of halogens is 3. The van der Waals surface area contributed by atoms with E-state index in [0.29, 0.717) is 27.8 Å². The van der Waals surface area contributed by atoms with E-state index in [1.165, 1.54) is 6.20 Å². The first-order chi connectivity index (χ1) is 8.54. The molecular weight excluding hydrogens is 339 g/mol. The molecule has 0 unspecified atom stereocenters. The van der Waals surface area contributed by atoms with Crippen LogP contribution in [0, 0.1) is 0 Å². The Morgan fingerprint density at radius 1 is 1.39 bits per heavy atom. The molecule has 2 rings (SSSR count). The Bertz CT molecular complexity index is 610. The van der Waals surface area contributed by atoms with Crippen LogP contribution in [0.1, 0.15) is 23.0 Å². The smallest absolute Gasteiger partial charge is 0.214 e. The molecule has 0 saturated carbocycles. The largest absolute Gasteiger partial charge is 0.287 e. The van der Waals surface area contributed by atoms with Gasteiger partial charge in [-0.15, -0.1) is 0 Å². The topological polar surface area (TPSA) is 34.9 Å². The SMILES string of the molecule is CCn1ncc(Cl)c1C(=O)c1cc(Br)ccc1Cl. The van der Waals surface area contributed by atoms with E-state index in [1.807, 2.05) is 6.92 Å². The fourth-order valence-electron chi connectivity index (χ4n) is 1.63. The second-order valence-corrected chi connectivity index (χ2v) is 5.34. The lowest BCUT2D eigenvalue weighted by atomic mass is 10.1. The number of aromatic nitrogens is 2. The van der Waals surface area contributed by atoms with Gasteiger partial charge in [0.1, 0.15) is 5.69 Å². The van der Waals surface area contributed by atoms with Crippen LogP contribution in [0.4, 0.5) is 0 Å². The molecular formula is C12H9BrCl2N2O. The van der Waals surface area contributed by atoms with Crippen molar-refractivity contribution in [3.05, 3.63) is 50.2 Å². The van der Waals surface area contributed by atoms with Crippen LogP contribution in [0.5, 0.6) is 0 Å². The van der Waals surface area contributed by atoms with Gasteiger partial charge in [-0.05, 0) is 25.1 Å². The molecule has 0 aliphatic heterocycles. The summed E-state index contributed by atoms with van der Waals surface area (Å²) in [5.74, 6) is -0.231. The second kappa shape index (κ2) is 5.43. The Balaban J connectivity index is 2.54. The summed E-state index contributed by atoms with van der Waals surface area (Å²) in [5.41, 5.74) is 0.766. The van der Waals surface area contributed by atoms with Gasteiger partial charge in [-0.25, -0.2) is 0 Å². The van der Waals surface area contributed by atoms with Crippen molar-refractivity contribution in [1.82, 2.24) is 9.78 Å². The van der Waals surface area contributed by atoms with Gasteiger partial charge in [-0.3, -0.25) is 9.48 Å². The first-order valence-corrected chi connectivity index (χ1v) is 6.80. The fraction of sp³-hybridized carbons (Fsp3) is 0.167. The second-order valence-electron chi connectivity index (χ2n) is 3.61. The summed E-state index contributed by atoms with van der Waals surface area (Å²) in [7, 11) is 0. The summed E-state index contributed by atoms with van der Waals surface area (Å²) in [4.78, 5) is 12.4. The van der Waals surface area contributed by atoms with Crippen molar-refractivity contribution in [2.45, 2.75) is 13.5 Å². The van der Waals surface area contributed by atoms with Crippen LogP contribution in [0.2, 0.25) is 10.0 Å². The van der Waals surface area contributed by atoms with Crippen LogP contribution in [0.3, 0.4) is 0 Å². The standard InChI is InChI=1S/C12H9BrCl2N2O/c1-2-17-11(10(15)6-16-17)12(18)8-5-7(13)3-4-9(8)14/h3-6H,2H2,1H3. The molecule has 1 aromatic carbocycles. The first-order valence-electron chi connectivity index (χ1n) is 5.25. The average Bonchev–Trinajstić information content (AvgIpc) is 2.72. The lowest BCUT2D eigenvalue weighted by molar-refractivity contribution is 0.102. The summed E-state index contributed by atoms with van der Waals surface area (Å²) in [6, 6.07) is 5.12. The molecule has 94 valence electrons. The number of rotatable bonds is 3. The lowest BCUT2D eigenvalue weighted by Crippen LogP contribution is -2.11. The van der Waals surface area contributed by atoms with Crippen LogP contribution >= 0.6 is 39.1 Å². The van der Waals surface area contributed by atoms with E-state index in [-0.39, 0.29) is 5.78 Å².